The molecular formula is C14H14N6O. The van der Waals surface area contributed by atoms with Crippen molar-refractivity contribution in [2.45, 2.75) is 13.8 Å². The van der Waals surface area contributed by atoms with E-state index < -0.39 is 5.91 Å². The molecule has 1 heterocycles. The van der Waals surface area contributed by atoms with Crippen molar-refractivity contribution in [1.29, 1.82) is 5.26 Å². The van der Waals surface area contributed by atoms with E-state index in [-0.39, 0.29) is 5.57 Å². The SMILES string of the molecule is Cc1cccc(NC(=O)/C(C#N)=C\Nc2ncn[nH]2)c1C. The molecule has 0 aliphatic rings. The topological polar surface area (TPSA) is 106 Å². The van der Waals surface area contributed by atoms with Crippen molar-refractivity contribution in [2.75, 3.05) is 10.6 Å². The van der Waals surface area contributed by atoms with E-state index >= 15 is 0 Å². The Balaban J connectivity index is 2.12. The predicted molar refractivity (Wildman–Crippen MR) is 78.2 cm³/mol. The fraction of sp³-hybridized carbons (Fsp3) is 0.143. The summed E-state index contributed by atoms with van der Waals surface area (Å²) in [5.74, 6) is -0.138. The molecular weight excluding hydrogens is 268 g/mol. The number of aryl methyl sites for hydroxylation is 1. The summed E-state index contributed by atoms with van der Waals surface area (Å²) in [5.41, 5.74) is 2.65. The van der Waals surface area contributed by atoms with Crippen molar-refractivity contribution in [2.24, 2.45) is 0 Å². The third-order valence-corrected chi connectivity index (χ3v) is 2.99. The van der Waals surface area contributed by atoms with Gasteiger partial charge in [0, 0.05) is 11.9 Å². The molecule has 0 unspecified atom stereocenters. The Morgan fingerprint density at radius 3 is 2.90 bits per heavy atom. The lowest BCUT2D eigenvalue weighted by molar-refractivity contribution is -0.112. The third kappa shape index (κ3) is 3.45. The standard InChI is InChI=1S/C14H14N6O/c1-9-4-3-5-12(10(9)2)19-13(21)11(6-15)7-16-14-17-8-18-20-14/h3-5,7-8H,1-2H3,(H,19,21)(H2,16,17,18,20)/b11-7-. The minimum atomic E-state index is -0.488. The summed E-state index contributed by atoms with van der Waals surface area (Å²) in [4.78, 5) is 15.9. The van der Waals surface area contributed by atoms with Crippen LogP contribution in [0.4, 0.5) is 11.6 Å². The first kappa shape index (κ1) is 14.3. The van der Waals surface area contributed by atoms with Gasteiger partial charge in [-0.15, -0.1) is 0 Å². The number of hydrogen-bond acceptors (Lipinski definition) is 5. The second-order valence-corrected chi connectivity index (χ2v) is 4.35. The average molecular weight is 282 g/mol. The van der Waals surface area contributed by atoms with Crippen molar-refractivity contribution in [3.05, 3.63) is 47.4 Å². The van der Waals surface area contributed by atoms with Gasteiger partial charge in [-0.25, -0.2) is 5.10 Å². The van der Waals surface area contributed by atoms with Crippen LogP contribution in [0.2, 0.25) is 0 Å². The van der Waals surface area contributed by atoms with Crippen LogP contribution < -0.4 is 10.6 Å². The van der Waals surface area contributed by atoms with Crippen LogP contribution in [0.15, 0.2) is 36.3 Å². The second kappa shape index (κ2) is 6.34. The Hall–Kier alpha value is -3.14. The summed E-state index contributed by atoms with van der Waals surface area (Å²) in [7, 11) is 0. The number of carbonyl (C=O) groups excluding carboxylic acids is 1. The molecule has 0 fully saturated rings. The van der Waals surface area contributed by atoms with Crippen LogP contribution in [0.5, 0.6) is 0 Å². The van der Waals surface area contributed by atoms with Crippen LogP contribution in [0.25, 0.3) is 0 Å². The molecule has 2 rings (SSSR count). The maximum absolute atomic E-state index is 12.1. The van der Waals surface area contributed by atoms with Crippen LogP contribution in [0.1, 0.15) is 11.1 Å². The van der Waals surface area contributed by atoms with E-state index in [0.29, 0.717) is 11.6 Å². The van der Waals surface area contributed by atoms with E-state index in [9.17, 15) is 4.79 Å². The largest absolute Gasteiger partial charge is 0.330 e. The summed E-state index contributed by atoms with van der Waals surface area (Å²) in [6.07, 6.45) is 2.60. The molecule has 0 aliphatic carbocycles. The number of carbonyl (C=O) groups is 1. The van der Waals surface area contributed by atoms with Crippen LogP contribution >= 0.6 is 0 Å². The molecule has 1 aromatic carbocycles. The highest BCUT2D eigenvalue weighted by atomic mass is 16.1. The molecule has 0 bridgehead atoms. The first-order chi connectivity index (χ1) is 10.1. The highest BCUT2D eigenvalue weighted by Crippen LogP contribution is 2.18. The van der Waals surface area contributed by atoms with Gasteiger partial charge in [0.1, 0.15) is 18.0 Å². The molecule has 7 heteroatoms. The molecule has 2 aromatic rings. The Labute approximate surface area is 121 Å². The van der Waals surface area contributed by atoms with Crippen molar-refractivity contribution >= 4 is 17.5 Å². The summed E-state index contributed by atoms with van der Waals surface area (Å²) in [6.45, 7) is 3.87. The molecule has 0 atom stereocenters. The van der Waals surface area contributed by atoms with Gasteiger partial charge >= 0.3 is 0 Å². The molecule has 1 aromatic heterocycles. The number of aromatic amines is 1. The maximum Gasteiger partial charge on any atom is 0.267 e. The zero-order valence-electron chi connectivity index (χ0n) is 11.6. The number of H-pyrrole nitrogens is 1. The molecule has 0 aliphatic heterocycles. The number of nitriles is 1. The molecule has 0 saturated heterocycles. The van der Waals surface area contributed by atoms with Gasteiger partial charge in [-0.05, 0) is 31.0 Å². The molecule has 106 valence electrons. The maximum atomic E-state index is 12.1. The first-order valence-corrected chi connectivity index (χ1v) is 6.21. The highest BCUT2D eigenvalue weighted by Gasteiger charge is 2.11. The monoisotopic (exact) mass is 282 g/mol. The summed E-state index contributed by atoms with van der Waals surface area (Å²) in [5, 5.41) is 20.7. The smallest absolute Gasteiger partial charge is 0.267 e. The van der Waals surface area contributed by atoms with Crippen molar-refractivity contribution in [3.8, 4) is 6.07 Å². The summed E-state index contributed by atoms with van der Waals surface area (Å²) < 4.78 is 0. The quantitative estimate of drug-likeness (QED) is 0.586. The summed E-state index contributed by atoms with van der Waals surface area (Å²) >= 11 is 0. The lowest BCUT2D eigenvalue weighted by atomic mass is 10.1. The minimum absolute atomic E-state index is 0.0627. The van der Waals surface area contributed by atoms with Crippen molar-refractivity contribution in [1.82, 2.24) is 15.2 Å². The van der Waals surface area contributed by atoms with E-state index in [2.05, 4.69) is 25.8 Å². The van der Waals surface area contributed by atoms with E-state index in [1.807, 2.05) is 32.0 Å². The van der Waals surface area contributed by atoms with Gasteiger partial charge in [0.15, 0.2) is 0 Å². The van der Waals surface area contributed by atoms with E-state index in [1.54, 1.807) is 6.07 Å². The predicted octanol–water partition coefficient (Wildman–Crippen LogP) is 1.88. The Morgan fingerprint density at radius 1 is 1.43 bits per heavy atom. The average Bonchev–Trinajstić information content (AvgIpc) is 2.98. The number of nitrogens with one attached hydrogen (secondary N) is 3. The van der Waals surface area contributed by atoms with Crippen LogP contribution in [0, 0.1) is 25.2 Å². The lowest BCUT2D eigenvalue weighted by Gasteiger charge is -2.09. The van der Waals surface area contributed by atoms with Gasteiger partial charge in [-0.3, -0.25) is 4.79 Å². The minimum Gasteiger partial charge on any atom is -0.330 e. The number of aromatic nitrogens is 3. The Kier molecular flexibility index (Phi) is 4.31. The van der Waals surface area contributed by atoms with Gasteiger partial charge < -0.3 is 10.6 Å². The lowest BCUT2D eigenvalue weighted by Crippen LogP contribution is -2.15. The Bertz CT molecular complexity index is 712. The third-order valence-electron chi connectivity index (χ3n) is 2.99. The zero-order chi connectivity index (χ0) is 15.2. The fourth-order valence-corrected chi connectivity index (χ4v) is 1.64. The van der Waals surface area contributed by atoms with Gasteiger partial charge in [0.25, 0.3) is 5.91 Å². The van der Waals surface area contributed by atoms with Gasteiger partial charge in [0.05, 0.1) is 0 Å². The van der Waals surface area contributed by atoms with E-state index in [0.717, 1.165) is 11.1 Å². The normalized spacial score (nSPS) is 10.8. The molecule has 0 radical (unpaired) electrons. The number of benzene rings is 1. The first-order valence-electron chi connectivity index (χ1n) is 6.21. The molecule has 7 nitrogen and oxygen atoms in total. The number of nitrogens with zero attached hydrogens (tertiary/aromatic N) is 3. The molecule has 0 saturated carbocycles. The van der Waals surface area contributed by atoms with Crippen LogP contribution in [-0.4, -0.2) is 21.1 Å². The van der Waals surface area contributed by atoms with Crippen molar-refractivity contribution < 1.29 is 4.79 Å². The van der Waals surface area contributed by atoms with Gasteiger partial charge in [0.2, 0.25) is 5.95 Å². The number of hydrogen-bond donors (Lipinski definition) is 3. The van der Waals surface area contributed by atoms with E-state index in [1.165, 1.54) is 12.5 Å². The fourth-order valence-electron chi connectivity index (χ4n) is 1.64. The molecule has 3 N–H and O–H groups in total. The van der Waals surface area contributed by atoms with Crippen LogP contribution in [-0.2, 0) is 4.79 Å². The van der Waals surface area contributed by atoms with Gasteiger partial charge in [-0.1, -0.05) is 12.1 Å². The van der Waals surface area contributed by atoms with Crippen molar-refractivity contribution in [3.63, 3.8) is 0 Å². The van der Waals surface area contributed by atoms with Crippen LogP contribution in [0.3, 0.4) is 0 Å². The highest BCUT2D eigenvalue weighted by molar-refractivity contribution is 6.07. The molecule has 1 amide bonds. The summed E-state index contributed by atoms with van der Waals surface area (Å²) in [6, 6.07) is 7.44. The van der Waals surface area contributed by atoms with Gasteiger partial charge in [-0.2, -0.15) is 15.3 Å². The second-order valence-electron chi connectivity index (χ2n) is 4.35. The number of amides is 1. The van der Waals surface area contributed by atoms with E-state index in [4.69, 9.17) is 5.26 Å². The zero-order valence-corrected chi connectivity index (χ0v) is 11.6. The number of rotatable bonds is 4. The number of anilines is 2. The Morgan fingerprint density at radius 2 is 2.24 bits per heavy atom. The molecule has 21 heavy (non-hydrogen) atoms. The molecule has 0 spiro atoms.